The van der Waals surface area contributed by atoms with Crippen LogP contribution >= 0.6 is 0 Å². The van der Waals surface area contributed by atoms with E-state index in [1.807, 2.05) is 0 Å². The van der Waals surface area contributed by atoms with Gasteiger partial charge in [-0.15, -0.1) is 0 Å². The number of carboxylic acids is 1. The number of rotatable bonds is 3. The van der Waals surface area contributed by atoms with Crippen LogP contribution in [0.5, 0.6) is 5.75 Å². The fourth-order valence-electron chi connectivity index (χ4n) is 2.52. The third-order valence-corrected chi connectivity index (χ3v) is 3.63. The van der Waals surface area contributed by atoms with Gasteiger partial charge >= 0.3 is 5.97 Å². The van der Waals surface area contributed by atoms with Gasteiger partial charge < -0.3 is 10.2 Å². The molecule has 2 aromatic carbocycles. The van der Waals surface area contributed by atoms with Gasteiger partial charge in [0.1, 0.15) is 5.56 Å². The highest BCUT2D eigenvalue weighted by Crippen LogP contribution is 2.28. The van der Waals surface area contributed by atoms with Crippen molar-refractivity contribution in [2.75, 3.05) is 0 Å². The normalized spacial score (nSPS) is 13.3. The van der Waals surface area contributed by atoms with Gasteiger partial charge in [0.25, 0.3) is 11.8 Å². The van der Waals surface area contributed by atoms with Crippen LogP contribution in [0.1, 0.15) is 36.6 Å². The molecule has 116 valence electrons. The quantitative estimate of drug-likeness (QED) is 0.845. The van der Waals surface area contributed by atoms with Crippen molar-refractivity contribution in [3.63, 3.8) is 0 Å². The smallest absolute Gasteiger partial charge is 0.339 e. The van der Waals surface area contributed by atoms with Crippen LogP contribution in [0, 0.1) is 5.82 Å². The number of nitrogens with zero attached hydrogens (tertiary/aromatic N) is 1. The third-order valence-electron chi connectivity index (χ3n) is 3.63. The van der Waals surface area contributed by atoms with Crippen LogP contribution in [0.2, 0.25) is 0 Å². The Labute approximate surface area is 129 Å². The minimum absolute atomic E-state index is 0.0812. The minimum atomic E-state index is -1.59. The molecule has 0 radical (unpaired) electrons. The average molecular weight is 315 g/mol. The topological polar surface area (TPSA) is 94.9 Å². The number of carbonyl (C=O) groups excluding carboxylic acids is 2. The molecule has 0 saturated carbocycles. The van der Waals surface area contributed by atoms with Crippen molar-refractivity contribution in [1.29, 1.82) is 0 Å². The highest BCUT2D eigenvalue weighted by molar-refractivity contribution is 6.21. The molecule has 2 N–H and O–H groups in total. The second kappa shape index (κ2) is 5.20. The second-order valence-corrected chi connectivity index (χ2v) is 4.98. The summed E-state index contributed by atoms with van der Waals surface area (Å²) in [6, 6.07) is 8.35. The Balaban J connectivity index is 2.02. The fraction of sp³-hybridized carbons (Fsp3) is 0.0625. The molecule has 6 nitrogen and oxygen atoms in total. The number of aromatic hydroxyl groups is 1. The van der Waals surface area contributed by atoms with Gasteiger partial charge in [-0.3, -0.25) is 14.5 Å². The maximum atomic E-state index is 13.8. The van der Waals surface area contributed by atoms with E-state index in [-0.39, 0.29) is 16.7 Å². The van der Waals surface area contributed by atoms with Gasteiger partial charge in [-0.05, 0) is 23.8 Å². The number of phenolic OH excluding ortho intramolecular Hbond substituents is 1. The van der Waals surface area contributed by atoms with Gasteiger partial charge in [0, 0.05) is 0 Å². The van der Waals surface area contributed by atoms with Crippen molar-refractivity contribution < 1.29 is 29.0 Å². The molecule has 3 rings (SSSR count). The molecular formula is C16H10FNO5. The molecular weight excluding hydrogens is 305 g/mol. The van der Waals surface area contributed by atoms with Gasteiger partial charge in [-0.25, -0.2) is 9.18 Å². The van der Waals surface area contributed by atoms with Crippen LogP contribution in [0.3, 0.4) is 0 Å². The van der Waals surface area contributed by atoms with E-state index in [4.69, 9.17) is 5.11 Å². The number of hydrogen-bond acceptors (Lipinski definition) is 4. The lowest BCUT2D eigenvalue weighted by Gasteiger charge is -2.16. The number of amides is 2. The molecule has 0 atom stereocenters. The standard InChI is InChI=1S/C16H10FNO5/c17-13-11(19)6-5-8(12(13)16(22)23)7-18-14(20)9-3-1-2-4-10(9)15(18)21/h1-6,19H,7H2,(H,22,23). The van der Waals surface area contributed by atoms with Crippen LogP contribution in [0.15, 0.2) is 36.4 Å². The largest absolute Gasteiger partial charge is 0.505 e. The molecule has 1 heterocycles. The van der Waals surface area contributed by atoms with E-state index >= 15 is 0 Å². The Morgan fingerprint density at radius 3 is 2.13 bits per heavy atom. The summed E-state index contributed by atoms with van der Waals surface area (Å²) in [4.78, 5) is 36.6. The first-order valence-corrected chi connectivity index (χ1v) is 6.60. The third kappa shape index (κ3) is 2.22. The Hall–Kier alpha value is -3.22. The number of benzene rings is 2. The minimum Gasteiger partial charge on any atom is -0.505 e. The average Bonchev–Trinajstić information content (AvgIpc) is 2.76. The number of imide groups is 1. The summed E-state index contributed by atoms with van der Waals surface area (Å²) >= 11 is 0. The Kier molecular flexibility index (Phi) is 3.33. The summed E-state index contributed by atoms with van der Waals surface area (Å²) in [5.41, 5.74) is -0.411. The van der Waals surface area contributed by atoms with Crippen molar-refractivity contribution >= 4 is 17.8 Å². The number of fused-ring (bicyclic) bond motifs is 1. The molecule has 0 saturated heterocycles. The summed E-state index contributed by atoms with van der Waals surface area (Å²) in [5, 5.41) is 18.4. The lowest BCUT2D eigenvalue weighted by Crippen LogP contribution is -2.30. The first-order valence-electron chi connectivity index (χ1n) is 6.60. The summed E-state index contributed by atoms with van der Waals surface area (Å²) in [6.45, 7) is -0.398. The summed E-state index contributed by atoms with van der Waals surface area (Å²) in [7, 11) is 0. The first-order chi connectivity index (χ1) is 10.9. The van der Waals surface area contributed by atoms with Gasteiger partial charge in [0.15, 0.2) is 11.6 Å². The van der Waals surface area contributed by atoms with Crippen LogP contribution < -0.4 is 0 Å². The number of carbonyl (C=O) groups is 3. The number of phenols is 1. The van der Waals surface area contributed by atoms with E-state index in [1.165, 1.54) is 18.2 Å². The molecule has 0 unspecified atom stereocenters. The van der Waals surface area contributed by atoms with E-state index < -0.39 is 41.5 Å². The number of halogens is 1. The molecule has 1 aliphatic rings. The summed E-state index contributed by atoms with van der Waals surface area (Å²) in [5.74, 6) is -4.85. The molecule has 23 heavy (non-hydrogen) atoms. The Morgan fingerprint density at radius 2 is 1.61 bits per heavy atom. The number of aromatic carboxylic acids is 1. The number of hydrogen-bond donors (Lipinski definition) is 2. The zero-order chi connectivity index (χ0) is 16.7. The highest BCUT2D eigenvalue weighted by Gasteiger charge is 2.36. The predicted octanol–water partition coefficient (Wildman–Crippen LogP) is 2.03. The van der Waals surface area contributed by atoms with E-state index in [0.29, 0.717) is 0 Å². The van der Waals surface area contributed by atoms with Crippen LogP contribution in [0.4, 0.5) is 4.39 Å². The molecule has 2 aromatic rings. The zero-order valence-corrected chi connectivity index (χ0v) is 11.6. The fourth-order valence-corrected chi connectivity index (χ4v) is 2.52. The summed E-state index contributed by atoms with van der Waals surface area (Å²) in [6.07, 6.45) is 0. The molecule has 2 amide bonds. The lowest BCUT2D eigenvalue weighted by molar-refractivity contribution is 0.0625. The molecule has 1 aliphatic heterocycles. The Bertz CT molecular complexity index is 827. The molecule has 0 aromatic heterocycles. The first kappa shape index (κ1) is 14.7. The zero-order valence-electron chi connectivity index (χ0n) is 11.6. The maximum Gasteiger partial charge on any atom is 0.339 e. The van der Waals surface area contributed by atoms with Crippen molar-refractivity contribution in [3.8, 4) is 5.75 Å². The van der Waals surface area contributed by atoms with Crippen molar-refractivity contribution in [1.82, 2.24) is 4.90 Å². The number of carboxylic acid groups (broad SMARTS) is 1. The van der Waals surface area contributed by atoms with Gasteiger partial charge in [-0.1, -0.05) is 18.2 Å². The SMILES string of the molecule is O=C(O)c1c(CN2C(=O)c3ccccc3C2=O)ccc(O)c1F. The highest BCUT2D eigenvalue weighted by atomic mass is 19.1. The Morgan fingerprint density at radius 1 is 1.04 bits per heavy atom. The predicted molar refractivity (Wildman–Crippen MR) is 75.7 cm³/mol. The molecule has 7 heteroatoms. The van der Waals surface area contributed by atoms with Crippen molar-refractivity contribution in [2.24, 2.45) is 0 Å². The van der Waals surface area contributed by atoms with E-state index in [2.05, 4.69) is 0 Å². The summed E-state index contributed by atoms with van der Waals surface area (Å²) < 4.78 is 13.8. The lowest BCUT2D eigenvalue weighted by atomic mass is 10.1. The monoisotopic (exact) mass is 315 g/mol. The van der Waals surface area contributed by atoms with E-state index in [0.717, 1.165) is 11.0 Å². The van der Waals surface area contributed by atoms with Gasteiger partial charge in [0.05, 0.1) is 17.7 Å². The van der Waals surface area contributed by atoms with Gasteiger partial charge in [-0.2, -0.15) is 0 Å². The van der Waals surface area contributed by atoms with Crippen LogP contribution in [-0.4, -0.2) is 32.9 Å². The molecule has 0 spiro atoms. The van der Waals surface area contributed by atoms with Crippen molar-refractivity contribution in [2.45, 2.75) is 6.54 Å². The van der Waals surface area contributed by atoms with Gasteiger partial charge in [0.2, 0.25) is 0 Å². The molecule has 0 aliphatic carbocycles. The van der Waals surface area contributed by atoms with E-state index in [9.17, 15) is 23.9 Å². The van der Waals surface area contributed by atoms with Crippen LogP contribution in [0.25, 0.3) is 0 Å². The van der Waals surface area contributed by atoms with Crippen molar-refractivity contribution in [3.05, 3.63) is 64.5 Å². The van der Waals surface area contributed by atoms with E-state index in [1.54, 1.807) is 12.1 Å². The maximum absolute atomic E-state index is 13.8. The van der Waals surface area contributed by atoms with Crippen LogP contribution in [-0.2, 0) is 6.54 Å². The second-order valence-electron chi connectivity index (χ2n) is 4.98. The molecule has 0 bridgehead atoms. The molecule has 0 fully saturated rings.